The van der Waals surface area contributed by atoms with Crippen LogP contribution in [0.5, 0.6) is 5.75 Å². The first-order chi connectivity index (χ1) is 16.4. The smallest absolute Gasteiger partial charge is 0.254 e. The van der Waals surface area contributed by atoms with Gasteiger partial charge in [-0.3, -0.25) is 4.79 Å². The molecular formula is C27H33N3O4. The number of carbonyl (C=O) groups excluding carboxylic acids is 1. The summed E-state index contributed by atoms with van der Waals surface area (Å²) >= 11 is 0. The van der Waals surface area contributed by atoms with Crippen LogP contribution in [-0.2, 0) is 17.9 Å². The minimum atomic E-state index is -0.0324. The molecule has 0 spiro atoms. The molecule has 1 amide bonds. The van der Waals surface area contributed by atoms with Crippen molar-refractivity contribution in [3.8, 4) is 5.75 Å². The highest BCUT2D eigenvalue weighted by Gasteiger charge is 2.24. The molecule has 180 valence electrons. The number of benzene rings is 2. The van der Waals surface area contributed by atoms with E-state index in [1.807, 2.05) is 51.0 Å². The van der Waals surface area contributed by atoms with E-state index in [1.54, 1.807) is 6.07 Å². The van der Waals surface area contributed by atoms with E-state index in [0.717, 1.165) is 47.7 Å². The van der Waals surface area contributed by atoms with Gasteiger partial charge in [0.2, 0.25) is 0 Å². The van der Waals surface area contributed by atoms with Crippen LogP contribution < -0.4 is 9.64 Å². The predicted octanol–water partition coefficient (Wildman–Crippen LogP) is 4.76. The number of carbonyl (C=O) groups is 1. The molecule has 1 aliphatic rings. The van der Waals surface area contributed by atoms with Crippen LogP contribution in [0.1, 0.15) is 45.8 Å². The SMILES string of the molecule is Cc1noc(C)c1COc1cccc(C(=O)N(Cc2ccc(N(C)C)cc2)CC2CCCO2)c1. The minimum absolute atomic E-state index is 0.0324. The Bertz CT molecular complexity index is 1080. The van der Waals surface area contributed by atoms with Crippen LogP contribution in [-0.4, -0.2) is 49.3 Å². The quantitative estimate of drug-likeness (QED) is 0.456. The van der Waals surface area contributed by atoms with Crippen LogP contribution in [0, 0.1) is 13.8 Å². The molecule has 34 heavy (non-hydrogen) atoms. The number of hydrogen-bond donors (Lipinski definition) is 0. The number of amides is 1. The number of aromatic nitrogens is 1. The monoisotopic (exact) mass is 463 g/mol. The summed E-state index contributed by atoms with van der Waals surface area (Å²) < 4.78 is 17.0. The molecule has 0 aliphatic carbocycles. The van der Waals surface area contributed by atoms with E-state index in [9.17, 15) is 4.79 Å². The lowest BCUT2D eigenvalue weighted by Gasteiger charge is -2.26. The lowest BCUT2D eigenvalue weighted by molar-refractivity contribution is 0.0507. The number of ether oxygens (including phenoxy) is 2. The Morgan fingerprint density at radius 3 is 2.59 bits per heavy atom. The van der Waals surface area contributed by atoms with Crippen molar-refractivity contribution >= 4 is 11.6 Å². The summed E-state index contributed by atoms with van der Waals surface area (Å²) in [7, 11) is 4.03. The van der Waals surface area contributed by atoms with E-state index in [0.29, 0.717) is 31.0 Å². The van der Waals surface area contributed by atoms with Gasteiger partial charge in [0.15, 0.2) is 0 Å². The first-order valence-corrected chi connectivity index (χ1v) is 11.7. The lowest BCUT2D eigenvalue weighted by Crippen LogP contribution is -2.37. The van der Waals surface area contributed by atoms with E-state index >= 15 is 0 Å². The second-order valence-corrected chi connectivity index (χ2v) is 9.00. The summed E-state index contributed by atoms with van der Waals surface area (Å²) in [6, 6.07) is 15.7. The zero-order chi connectivity index (χ0) is 24.1. The predicted molar refractivity (Wildman–Crippen MR) is 131 cm³/mol. The number of nitrogens with zero attached hydrogens (tertiary/aromatic N) is 3. The average Bonchev–Trinajstić information content (AvgIpc) is 3.46. The fraction of sp³-hybridized carbons (Fsp3) is 0.407. The highest BCUT2D eigenvalue weighted by molar-refractivity contribution is 5.94. The summed E-state index contributed by atoms with van der Waals surface area (Å²) in [5.74, 6) is 1.35. The molecule has 0 radical (unpaired) electrons. The van der Waals surface area contributed by atoms with Gasteiger partial charge in [-0.05, 0) is 62.6 Å². The number of hydrogen-bond acceptors (Lipinski definition) is 6. The summed E-state index contributed by atoms with van der Waals surface area (Å²) in [4.78, 5) is 17.5. The van der Waals surface area contributed by atoms with E-state index in [2.05, 4.69) is 34.3 Å². The molecular weight excluding hydrogens is 430 g/mol. The van der Waals surface area contributed by atoms with Crippen molar-refractivity contribution in [3.05, 3.63) is 76.7 Å². The van der Waals surface area contributed by atoms with Crippen LogP contribution in [0.25, 0.3) is 0 Å². The normalized spacial score (nSPS) is 15.4. The first-order valence-electron chi connectivity index (χ1n) is 11.7. The summed E-state index contributed by atoms with van der Waals surface area (Å²) in [6.45, 7) is 5.96. The molecule has 0 bridgehead atoms. The van der Waals surface area contributed by atoms with Gasteiger partial charge >= 0.3 is 0 Å². The zero-order valence-electron chi connectivity index (χ0n) is 20.4. The Labute approximate surface area is 201 Å². The largest absolute Gasteiger partial charge is 0.489 e. The average molecular weight is 464 g/mol. The van der Waals surface area contributed by atoms with Gasteiger partial charge in [0, 0.05) is 45.0 Å². The Morgan fingerprint density at radius 2 is 1.94 bits per heavy atom. The van der Waals surface area contributed by atoms with Gasteiger partial charge in [-0.25, -0.2) is 0 Å². The third-order valence-electron chi connectivity index (χ3n) is 6.21. The molecule has 1 aliphatic heterocycles. The molecule has 1 unspecified atom stereocenters. The standard InChI is InChI=1S/C27H33N3O4/c1-19-26(20(2)34-28-19)18-33-24-8-5-7-22(15-24)27(31)30(17-25-9-6-14-32-25)16-21-10-12-23(13-11-21)29(3)4/h5,7-8,10-13,15,25H,6,9,14,16-18H2,1-4H3. The maximum absolute atomic E-state index is 13.6. The molecule has 7 heteroatoms. The second-order valence-electron chi connectivity index (χ2n) is 9.00. The van der Waals surface area contributed by atoms with Gasteiger partial charge in [0.05, 0.1) is 17.4 Å². The molecule has 0 saturated carbocycles. The Hall–Kier alpha value is -3.32. The van der Waals surface area contributed by atoms with E-state index in [4.69, 9.17) is 14.0 Å². The molecule has 4 rings (SSSR count). The van der Waals surface area contributed by atoms with Crippen molar-refractivity contribution in [2.45, 2.75) is 45.9 Å². The topological polar surface area (TPSA) is 68.0 Å². The Morgan fingerprint density at radius 1 is 1.15 bits per heavy atom. The minimum Gasteiger partial charge on any atom is -0.489 e. The second kappa shape index (κ2) is 10.7. The maximum Gasteiger partial charge on any atom is 0.254 e. The Balaban J connectivity index is 1.50. The molecule has 1 aromatic heterocycles. The van der Waals surface area contributed by atoms with Crippen molar-refractivity contribution in [3.63, 3.8) is 0 Å². The molecule has 2 heterocycles. The maximum atomic E-state index is 13.6. The van der Waals surface area contributed by atoms with Gasteiger partial charge in [-0.1, -0.05) is 23.4 Å². The van der Waals surface area contributed by atoms with E-state index < -0.39 is 0 Å². The molecule has 7 nitrogen and oxygen atoms in total. The molecule has 2 aromatic carbocycles. The van der Waals surface area contributed by atoms with Crippen molar-refractivity contribution in [1.82, 2.24) is 10.1 Å². The molecule has 1 saturated heterocycles. The molecule has 1 atom stereocenters. The van der Waals surface area contributed by atoms with Crippen molar-refractivity contribution in [1.29, 1.82) is 0 Å². The van der Waals surface area contributed by atoms with Gasteiger partial charge in [0.1, 0.15) is 18.1 Å². The fourth-order valence-corrected chi connectivity index (χ4v) is 4.14. The number of anilines is 1. The molecule has 0 N–H and O–H groups in total. The van der Waals surface area contributed by atoms with Gasteiger partial charge in [-0.15, -0.1) is 0 Å². The summed E-state index contributed by atoms with van der Waals surface area (Å²) in [5, 5.41) is 3.97. The number of aryl methyl sites for hydroxylation is 2. The third-order valence-corrected chi connectivity index (χ3v) is 6.21. The van der Waals surface area contributed by atoms with Crippen LogP contribution in [0.4, 0.5) is 5.69 Å². The lowest BCUT2D eigenvalue weighted by atomic mass is 10.1. The van der Waals surface area contributed by atoms with Crippen LogP contribution in [0.3, 0.4) is 0 Å². The summed E-state index contributed by atoms with van der Waals surface area (Å²) in [5.41, 5.74) is 4.55. The number of rotatable bonds is 9. The van der Waals surface area contributed by atoms with E-state index in [1.165, 1.54) is 0 Å². The molecule has 3 aromatic rings. The Kier molecular flexibility index (Phi) is 7.53. The van der Waals surface area contributed by atoms with Crippen LogP contribution in [0.2, 0.25) is 0 Å². The van der Waals surface area contributed by atoms with Gasteiger partial charge < -0.3 is 23.8 Å². The van der Waals surface area contributed by atoms with E-state index in [-0.39, 0.29) is 12.0 Å². The molecule has 1 fully saturated rings. The fourth-order valence-electron chi connectivity index (χ4n) is 4.14. The zero-order valence-corrected chi connectivity index (χ0v) is 20.4. The van der Waals surface area contributed by atoms with Crippen molar-refractivity contribution < 1.29 is 18.8 Å². The highest BCUT2D eigenvalue weighted by atomic mass is 16.5. The van der Waals surface area contributed by atoms with Crippen LogP contribution in [0.15, 0.2) is 53.1 Å². The third kappa shape index (κ3) is 5.78. The van der Waals surface area contributed by atoms with Gasteiger partial charge in [-0.2, -0.15) is 0 Å². The summed E-state index contributed by atoms with van der Waals surface area (Å²) in [6.07, 6.45) is 2.09. The van der Waals surface area contributed by atoms with Crippen LogP contribution >= 0.6 is 0 Å². The van der Waals surface area contributed by atoms with Gasteiger partial charge in [0.25, 0.3) is 5.91 Å². The van der Waals surface area contributed by atoms with Crippen molar-refractivity contribution in [2.75, 3.05) is 32.1 Å². The highest BCUT2D eigenvalue weighted by Crippen LogP contribution is 2.22. The first kappa shape index (κ1) is 23.8. The van der Waals surface area contributed by atoms with Crippen molar-refractivity contribution in [2.24, 2.45) is 0 Å².